The zero-order valence-corrected chi connectivity index (χ0v) is 10.9. The molecule has 3 rings (SSSR count). The molecule has 1 aromatic heterocycles. The molecule has 0 bridgehead atoms. The van der Waals surface area contributed by atoms with Crippen LogP contribution in [0.2, 0.25) is 10.0 Å². The molecule has 0 atom stereocenters. The summed E-state index contributed by atoms with van der Waals surface area (Å²) in [5.74, 6) is 1.98. The van der Waals surface area contributed by atoms with Crippen molar-refractivity contribution in [3.63, 3.8) is 0 Å². The Bertz CT molecular complexity index is 611. The molecule has 0 amide bonds. The summed E-state index contributed by atoms with van der Waals surface area (Å²) in [6, 6.07) is 5.27. The predicted molar refractivity (Wildman–Crippen MR) is 71.7 cm³/mol. The SMILES string of the molecule is Nc1nc(-c2ccc(Cl)c(Cl)c2)nc(C2CC2)n1. The third-order valence-electron chi connectivity index (χ3n) is 2.79. The molecular formula is C12H10Cl2N4. The van der Waals surface area contributed by atoms with Gasteiger partial charge < -0.3 is 5.73 Å². The molecule has 1 fully saturated rings. The molecule has 1 heterocycles. The van der Waals surface area contributed by atoms with E-state index in [0.29, 0.717) is 21.8 Å². The Morgan fingerprint density at radius 1 is 1.06 bits per heavy atom. The lowest BCUT2D eigenvalue weighted by Crippen LogP contribution is -2.04. The van der Waals surface area contributed by atoms with Gasteiger partial charge in [0.2, 0.25) is 5.95 Å². The number of nitrogens with two attached hydrogens (primary N) is 1. The molecule has 1 aliphatic carbocycles. The standard InChI is InChI=1S/C12H10Cl2N4/c13-8-4-3-7(5-9(8)14)11-16-10(6-1-2-6)17-12(15)18-11/h3-6H,1-2H2,(H2,15,16,17,18). The number of benzene rings is 1. The third-order valence-corrected chi connectivity index (χ3v) is 3.53. The van der Waals surface area contributed by atoms with Crippen molar-refractivity contribution < 1.29 is 0 Å². The molecule has 1 aromatic carbocycles. The Morgan fingerprint density at radius 2 is 1.83 bits per heavy atom. The van der Waals surface area contributed by atoms with Gasteiger partial charge in [0.1, 0.15) is 5.82 Å². The Balaban J connectivity index is 2.07. The van der Waals surface area contributed by atoms with E-state index in [0.717, 1.165) is 24.2 Å². The topological polar surface area (TPSA) is 64.7 Å². The minimum atomic E-state index is 0.243. The summed E-state index contributed by atoms with van der Waals surface area (Å²) in [4.78, 5) is 12.7. The molecule has 1 saturated carbocycles. The summed E-state index contributed by atoms with van der Waals surface area (Å²) in [5.41, 5.74) is 6.50. The van der Waals surface area contributed by atoms with Crippen molar-refractivity contribution in [3.05, 3.63) is 34.1 Å². The maximum Gasteiger partial charge on any atom is 0.223 e. The molecule has 0 aliphatic heterocycles. The summed E-state index contributed by atoms with van der Waals surface area (Å²) in [6.45, 7) is 0. The highest BCUT2D eigenvalue weighted by Gasteiger charge is 2.27. The van der Waals surface area contributed by atoms with E-state index in [2.05, 4.69) is 15.0 Å². The second-order valence-electron chi connectivity index (χ2n) is 4.28. The molecule has 6 heteroatoms. The number of nitrogens with zero attached hydrogens (tertiary/aromatic N) is 3. The van der Waals surface area contributed by atoms with E-state index in [1.54, 1.807) is 12.1 Å². The number of halogens is 2. The van der Waals surface area contributed by atoms with Gasteiger partial charge in [-0.15, -0.1) is 0 Å². The lowest BCUT2D eigenvalue weighted by Gasteiger charge is -2.05. The molecule has 0 unspecified atom stereocenters. The first kappa shape index (κ1) is 11.7. The molecule has 2 aromatic rings. The van der Waals surface area contributed by atoms with Crippen LogP contribution in [-0.2, 0) is 0 Å². The van der Waals surface area contributed by atoms with Gasteiger partial charge in [-0.1, -0.05) is 23.2 Å². The molecule has 0 saturated heterocycles. The smallest absolute Gasteiger partial charge is 0.223 e. The van der Waals surface area contributed by atoms with Crippen LogP contribution < -0.4 is 5.73 Å². The highest BCUT2D eigenvalue weighted by atomic mass is 35.5. The van der Waals surface area contributed by atoms with Crippen LogP contribution in [0.15, 0.2) is 18.2 Å². The summed E-state index contributed by atoms with van der Waals surface area (Å²) < 4.78 is 0. The molecular weight excluding hydrogens is 271 g/mol. The molecule has 2 N–H and O–H groups in total. The molecule has 1 aliphatic rings. The maximum atomic E-state index is 5.98. The summed E-state index contributed by atoms with van der Waals surface area (Å²) in [5, 5.41) is 0.978. The van der Waals surface area contributed by atoms with Crippen LogP contribution in [0.25, 0.3) is 11.4 Å². The fourth-order valence-corrected chi connectivity index (χ4v) is 2.00. The zero-order chi connectivity index (χ0) is 12.7. The van der Waals surface area contributed by atoms with E-state index in [9.17, 15) is 0 Å². The van der Waals surface area contributed by atoms with Crippen molar-refractivity contribution in [1.29, 1.82) is 0 Å². The number of hydrogen-bond acceptors (Lipinski definition) is 4. The van der Waals surface area contributed by atoms with Gasteiger partial charge in [-0.3, -0.25) is 0 Å². The van der Waals surface area contributed by atoms with Crippen molar-refractivity contribution in [1.82, 2.24) is 15.0 Å². The minimum Gasteiger partial charge on any atom is -0.368 e. The summed E-state index contributed by atoms with van der Waals surface area (Å²) >= 11 is 11.9. The Kier molecular flexibility index (Phi) is 2.84. The van der Waals surface area contributed by atoms with Crippen LogP contribution in [0.3, 0.4) is 0 Å². The number of rotatable bonds is 2. The first-order chi connectivity index (χ1) is 8.63. The van der Waals surface area contributed by atoms with Gasteiger partial charge in [-0.25, -0.2) is 4.98 Å². The van der Waals surface area contributed by atoms with Gasteiger partial charge in [-0.05, 0) is 31.0 Å². The van der Waals surface area contributed by atoms with Crippen molar-refractivity contribution in [2.75, 3.05) is 5.73 Å². The average Bonchev–Trinajstić information content (AvgIpc) is 3.16. The number of hydrogen-bond donors (Lipinski definition) is 1. The molecule has 92 valence electrons. The van der Waals surface area contributed by atoms with Crippen molar-refractivity contribution >= 4 is 29.2 Å². The highest BCUT2D eigenvalue weighted by molar-refractivity contribution is 6.42. The van der Waals surface area contributed by atoms with Crippen LogP contribution >= 0.6 is 23.2 Å². The van der Waals surface area contributed by atoms with Crippen LogP contribution in [0.4, 0.5) is 5.95 Å². The largest absolute Gasteiger partial charge is 0.368 e. The first-order valence-corrected chi connectivity index (χ1v) is 6.36. The quantitative estimate of drug-likeness (QED) is 0.917. The van der Waals surface area contributed by atoms with Gasteiger partial charge in [-0.2, -0.15) is 9.97 Å². The predicted octanol–water partition coefficient (Wildman–Crippen LogP) is 3.31. The Morgan fingerprint density at radius 3 is 2.50 bits per heavy atom. The van der Waals surface area contributed by atoms with Crippen molar-refractivity contribution in [3.8, 4) is 11.4 Å². The number of nitrogen functional groups attached to an aromatic ring is 1. The van der Waals surface area contributed by atoms with Crippen LogP contribution in [0.1, 0.15) is 24.6 Å². The van der Waals surface area contributed by atoms with E-state index < -0.39 is 0 Å². The van der Waals surface area contributed by atoms with Crippen molar-refractivity contribution in [2.24, 2.45) is 0 Å². The lowest BCUT2D eigenvalue weighted by atomic mass is 10.2. The van der Waals surface area contributed by atoms with Gasteiger partial charge in [0, 0.05) is 11.5 Å². The summed E-state index contributed by atoms with van der Waals surface area (Å²) in [6.07, 6.45) is 2.23. The second-order valence-corrected chi connectivity index (χ2v) is 5.09. The zero-order valence-electron chi connectivity index (χ0n) is 9.40. The average molecular weight is 281 g/mol. The van der Waals surface area contributed by atoms with Crippen LogP contribution in [0.5, 0.6) is 0 Å². The van der Waals surface area contributed by atoms with E-state index in [-0.39, 0.29) is 5.95 Å². The van der Waals surface area contributed by atoms with Gasteiger partial charge >= 0.3 is 0 Å². The molecule has 18 heavy (non-hydrogen) atoms. The number of aromatic nitrogens is 3. The van der Waals surface area contributed by atoms with Gasteiger partial charge in [0.05, 0.1) is 10.0 Å². The normalized spacial score (nSPS) is 14.8. The fourth-order valence-electron chi connectivity index (χ4n) is 1.70. The second kappa shape index (κ2) is 4.37. The van der Waals surface area contributed by atoms with Gasteiger partial charge in [0.15, 0.2) is 5.82 Å². The minimum absolute atomic E-state index is 0.243. The van der Waals surface area contributed by atoms with E-state index in [1.807, 2.05) is 6.07 Å². The fraction of sp³-hybridized carbons (Fsp3) is 0.250. The first-order valence-electron chi connectivity index (χ1n) is 5.60. The van der Waals surface area contributed by atoms with E-state index in [4.69, 9.17) is 28.9 Å². The summed E-state index contributed by atoms with van der Waals surface area (Å²) in [7, 11) is 0. The van der Waals surface area contributed by atoms with E-state index >= 15 is 0 Å². The number of anilines is 1. The molecule has 4 nitrogen and oxygen atoms in total. The van der Waals surface area contributed by atoms with Gasteiger partial charge in [0.25, 0.3) is 0 Å². The Hall–Kier alpha value is -1.39. The Labute approximate surface area is 114 Å². The maximum absolute atomic E-state index is 5.98. The lowest BCUT2D eigenvalue weighted by molar-refractivity contribution is 0.902. The third kappa shape index (κ3) is 2.26. The van der Waals surface area contributed by atoms with Crippen LogP contribution in [0, 0.1) is 0 Å². The monoisotopic (exact) mass is 280 g/mol. The molecule has 0 radical (unpaired) electrons. The highest BCUT2D eigenvalue weighted by Crippen LogP contribution is 2.38. The van der Waals surface area contributed by atoms with E-state index in [1.165, 1.54) is 0 Å². The molecule has 0 spiro atoms. The van der Waals surface area contributed by atoms with Crippen LogP contribution in [-0.4, -0.2) is 15.0 Å². The van der Waals surface area contributed by atoms with Crippen molar-refractivity contribution in [2.45, 2.75) is 18.8 Å².